The number of unbranched alkanes of at least 4 members (excludes halogenated alkanes) is 1. The molecular formula is C29H40N4O5. The summed E-state index contributed by atoms with van der Waals surface area (Å²) in [5.41, 5.74) is 4.93. The quantitative estimate of drug-likeness (QED) is 0.362. The van der Waals surface area contributed by atoms with Gasteiger partial charge in [-0.3, -0.25) is 24.4 Å². The van der Waals surface area contributed by atoms with Gasteiger partial charge in [-0.05, 0) is 68.0 Å². The molecule has 0 radical (unpaired) electrons. The van der Waals surface area contributed by atoms with E-state index in [0.29, 0.717) is 26.0 Å². The van der Waals surface area contributed by atoms with Crippen molar-refractivity contribution in [2.75, 3.05) is 13.2 Å². The van der Waals surface area contributed by atoms with Crippen LogP contribution in [0.2, 0.25) is 0 Å². The minimum absolute atomic E-state index is 0.0767. The van der Waals surface area contributed by atoms with Crippen LogP contribution in [0, 0.1) is 5.92 Å². The van der Waals surface area contributed by atoms with Crippen molar-refractivity contribution in [2.24, 2.45) is 5.92 Å². The van der Waals surface area contributed by atoms with Crippen molar-refractivity contribution >= 4 is 34.6 Å². The number of hydrogen-bond acceptors (Lipinski definition) is 6. The van der Waals surface area contributed by atoms with Gasteiger partial charge >= 0.3 is 5.97 Å². The SMILES string of the molecule is CCc1ccc2cnc(/C=C/CCCO[C@H](C(=O)N[C@@H](C)C(=O)N3CCC[C@@H](C(=O)O)N3)C(C)C)cc2c1. The number of nitrogens with zero attached hydrogens (tertiary/aromatic N) is 2. The van der Waals surface area contributed by atoms with E-state index in [9.17, 15) is 19.5 Å². The maximum absolute atomic E-state index is 12.9. The summed E-state index contributed by atoms with van der Waals surface area (Å²) in [7, 11) is 0. The van der Waals surface area contributed by atoms with E-state index in [2.05, 4.69) is 53.0 Å². The molecule has 1 saturated heterocycles. The van der Waals surface area contributed by atoms with Crippen LogP contribution in [0.5, 0.6) is 0 Å². The number of nitrogens with one attached hydrogen (secondary N) is 2. The van der Waals surface area contributed by atoms with Crippen molar-refractivity contribution in [3.63, 3.8) is 0 Å². The molecule has 3 N–H and O–H groups in total. The van der Waals surface area contributed by atoms with Gasteiger partial charge in [0.1, 0.15) is 18.2 Å². The summed E-state index contributed by atoms with van der Waals surface area (Å²) >= 11 is 0. The Kier molecular flexibility index (Phi) is 10.8. The van der Waals surface area contributed by atoms with E-state index in [1.807, 2.05) is 26.1 Å². The number of rotatable bonds is 12. The lowest BCUT2D eigenvalue weighted by molar-refractivity contribution is -0.149. The van der Waals surface area contributed by atoms with Gasteiger partial charge in [0.25, 0.3) is 5.91 Å². The predicted molar refractivity (Wildman–Crippen MR) is 147 cm³/mol. The number of ether oxygens (including phenoxy) is 1. The molecular weight excluding hydrogens is 484 g/mol. The topological polar surface area (TPSA) is 121 Å². The van der Waals surface area contributed by atoms with Crippen molar-refractivity contribution in [3.05, 3.63) is 47.8 Å². The van der Waals surface area contributed by atoms with Crippen LogP contribution in [0.15, 0.2) is 36.5 Å². The van der Waals surface area contributed by atoms with E-state index in [4.69, 9.17) is 4.74 Å². The molecule has 206 valence electrons. The fraction of sp³-hybridized carbons (Fsp3) is 0.517. The number of aliphatic carboxylic acids is 1. The number of pyridine rings is 1. The first-order valence-electron chi connectivity index (χ1n) is 13.5. The van der Waals surface area contributed by atoms with Crippen molar-refractivity contribution < 1.29 is 24.2 Å². The second-order valence-electron chi connectivity index (χ2n) is 10.1. The summed E-state index contributed by atoms with van der Waals surface area (Å²) in [4.78, 5) is 41.4. The number of carboxylic acid groups (broad SMARTS) is 1. The molecule has 3 atom stereocenters. The first kappa shape index (κ1) is 29.3. The highest BCUT2D eigenvalue weighted by molar-refractivity contribution is 5.89. The van der Waals surface area contributed by atoms with Crippen LogP contribution in [-0.4, -0.2) is 64.2 Å². The summed E-state index contributed by atoms with van der Waals surface area (Å²) in [6.45, 7) is 8.34. The second-order valence-corrected chi connectivity index (χ2v) is 10.1. The number of aryl methyl sites for hydroxylation is 1. The summed E-state index contributed by atoms with van der Waals surface area (Å²) in [5.74, 6) is -1.80. The van der Waals surface area contributed by atoms with Gasteiger partial charge < -0.3 is 15.2 Å². The number of amides is 2. The molecule has 2 amide bonds. The molecule has 2 aromatic rings. The monoisotopic (exact) mass is 524 g/mol. The minimum Gasteiger partial charge on any atom is -0.480 e. The van der Waals surface area contributed by atoms with E-state index in [-0.39, 0.29) is 17.7 Å². The van der Waals surface area contributed by atoms with Crippen LogP contribution in [0.25, 0.3) is 16.8 Å². The fourth-order valence-corrected chi connectivity index (χ4v) is 4.42. The summed E-state index contributed by atoms with van der Waals surface area (Å²) in [6.07, 6.45) is 8.81. The van der Waals surface area contributed by atoms with Gasteiger partial charge in [0.2, 0.25) is 5.91 Å². The van der Waals surface area contributed by atoms with E-state index in [1.165, 1.54) is 16.0 Å². The fourth-order valence-electron chi connectivity index (χ4n) is 4.42. The van der Waals surface area contributed by atoms with Crippen LogP contribution < -0.4 is 10.7 Å². The Bertz CT molecular complexity index is 1150. The van der Waals surface area contributed by atoms with Crippen LogP contribution >= 0.6 is 0 Å². The molecule has 1 aliphatic heterocycles. The Labute approximate surface area is 224 Å². The molecule has 9 nitrogen and oxygen atoms in total. The largest absolute Gasteiger partial charge is 0.480 e. The van der Waals surface area contributed by atoms with Crippen LogP contribution in [0.1, 0.15) is 64.6 Å². The Hall–Kier alpha value is -3.30. The molecule has 0 spiro atoms. The zero-order valence-electron chi connectivity index (χ0n) is 22.8. The molecule has 0 saturated carbocycles. The van der Waals surface area contributed by atoms with Gasteiger partial charge in [0.15, 0.2) is 0 Å². The molecule has 3 rings (SSSR count). The maximum Gasteiger partial charge on any atom is 0.322 e. The smallest absolute Gasteiger partial charge is 0.322 e. The van der Waals surface area contributed by atoms with Gasteiger partial charge in [0.05, 0.1) is 5.69 Å². The number of carbonyl (C=O) groups excluding carboxylic acids is 2. The molecule has 0 unspecified atom stereocenters. The van der Waals surface area contributed by atoms with Gasteiger partial charge in [-0.15, -0.1) is 0 Å². The zero-order valence-corrected chi connectivity index (χ0v) is 22.8. The first-order valence-corrected chi connectivity index (χ1v) is 13.5. The standard InChI is InChI=1S/C29H40N4O5/c1-5-21-12-13-22-18-30-24(17-23(22)16-21)10-7-6-8-15-38-26(19(2)3)27(34)31-20(4)28(35)33-14-9-11-25(32-33)29(36)37/h7,10,12-13,16-20,25-26,32H,5-6,8-9,11,14-15H2,1-4H3,(H,31,34)(H,36,37)/b10-7+/t20-,25-,26-/m0/s1. The first-order chi connectivity index (χ1) is 18.2. The number of allylic oxidation sites excluding steroid dienone is 1. The second kappa shape index (κ2) is 14.0. The highest BCUT2D eigenvalue weighted by Gasteiger charge is 2.32. The lowest BCUT2D eigenvalue weighted by Crippen LogP contribution is -2.59. The Morgan fingerprint density at radius 2 is 2.03 bits per heavy atom. The number of benzene rings is 1. The Morgan fingerprint density at radius 3 is 2.74 bits per heavy atom. The van der Waals surface area contributed by atoms with E-state index in [1.54, 1.807) is 6.92 Å². The molecule has 9 heteroatoms. The third kappa shape index (κ3) is 8.10. The molecule has 0 aliphatic carbocycles. The number of fused-ring (bicyclic) bond motifs is 1. The van der Waals surface area contributed by atoms with Crippen LogP contribution in [0.3, 0.4) is 0 Å². The van der Waals surface area contributed by atoms with Crippen molar-refractivity contribution in [3.8, 4) is 0 Å². The highest BCUT2D eigenvalue weighted by atomic mass is 16.5. The average Bonchev–Trinajstić information content (AvgIpc) is 2.91. The minimum atomic E-state index is -0.999. The van der Waals surface area contributed by atoms with Crippen LogP contribution in [-0.2, 0) is 25.5 Å². The van der Waals surface area contributed by atoms with Gasteiger partial charge in [-0.1, -0.05) is 45.0 Å². The number of hydrazine groups is 1. The number of carboxylic acids is 1. The number of carbonyl (C=O) groups is 3. The van der Waals surface area contributed by atoms with Crippen molar-refractivity contribution in [2.45, 2.75) is 78.0 Å². The molecule has 1 fully saturated rings. The van der Waals surface area contributed by atoms with Gasteiger partial charge in [0, 0.05) is 24.7 Å². The van der Waals surface area contributed by atoms with E-state index in [0.717, 1.165) is 30.3 Å². The lowest BCUT2D eigenvalue weighted by Gasteiger charge is -2.34. The van der Waals surface area contributed by atoms with Gasteiger partial charge in [-0.25, -0.2) is 5.43 Å². The van der Waals surface area contributed by atoms with Crippen LogP contribution in [0.4, 0.5) is 0 Å². The maximum atomic E-state index is 12.9. The predicted octanol–water partition coefficient (Wildman–Crippen LogP) is 3.72. The molecule has 1 aliphatic rings. The highest BCUT2D eigenvalue weighted by Crippen LogP contribution is 2.18. The summed E-state index contributed by atoms with van der Waals surface area (Å²) in [6, 6.07) is 6.91. The average molecular weight is 525 g/mol. The third-order valence-electron chi connectivity index (χ3n) is 6.66. The summed E-state index contributed by atoms with van der Waals surface area (Å²) in [5, 5.41) is 15.5. The Balaban J connectivity index is 1.45. The molecule has 1 aromatic heterocycles. The third-order valence-corrected chi connectivity index (χ3v) is 6.66. The van der Waals surface area contributed by atoms with E-state index < -0.39 is 24.2 Å². The lowest BCUT2D eigenvalue weighted by atomic mass is 10.1. The van der Waals surface area contributed by atoms with Gasteiger partial charge in [-0.2, -0.15) is 0 Å². The van der Waals surface area contributed by atoms with Crippen molar-refractivity contribution in [1.82, 2.24) is 20.7 Å². The number of aromatic nitrogens is 1. The van der Waals surface area contributed by atoms with Crippen molar-refractivity contribution in [1.29, 1.82) is 0 Å². The molecule has 2 heterocycles. The molecule has 38 heavy (non-hydrogen) atoms. The number of hydrogen-bond donors (Lipinski definition) is 3. The summed E-state index contributed by atoms with van der Waals surface area (Å²) < 4.78 is 5.90. The molecule has 0 bridgehead atoms. The zero-order chi connectivity index (χ0) is 27.7. The van der Waals surface area contributed by atoms with E-state index >= 15 is 0 Å². The normalized spacial score (nSPS) is 17.6. The molecule has 1 aromatic carbocycles. The Morgan fingerprint density at radius 1 is 1.24 bits per heavy atom.